The molecule has 2 fully saturated rings. The van der Waals surface area contributed by atoms with E-state index in [1.165, 1.54) is 0 Å². The highest BCUT2D eigenvalue weighted by Crippen LogP contribution is 2.47. The molecule has 0 spiro atoms. The lowest BCUT2D eigenvalue weighted by atomic mass is 9.96. The Morgan fingerprint density at radius 2 is 1.79 bits per heavy atom. The van der Waals surface area contributed by atoms with Gasteiger partial charge in [-0.1, -0.05) is 6.42 Å². The van der Waals surface area contributed by atoms with Gasteiger partial charge in [0.15, 0.2) is 0 Å². The molecule has 2 bridgehead atoms. The van der Waals surface area contributed by atoms with Crippen molar-refractivity contribution in [1.29, 1.82) is 0 Å². The van der Waals surface area contributed by atoms with Crippen molar-refractivity contribution in [3.05, 3.63) is 30.1 Å². The fourth-order valence-corrected chi connectivity index (χ4v) is 4.64. The molecule has 0 saturated heterocycles. The fraction of sp³-hybridized carbons (Fsp3) is 0.538. The molecule has 6 heteroatoms. The predicted molar refractivity (Wildman–Crippen MR) is 65.8 cm³/mol. The molecule has 1 aromatic rings. The number of rotatable bonds is 3. The summed E-state index contributed by atoms with van der Waals surface area (Å²) in [6.45, 7) is 0. The van der Waals surface area contributed by atoms with Crippen LogP contribution in [0, 0.1) is 17.7 Å². The van der Waals surface area contributed by atoms with Gasteiger partial charge in [0, 0.05) is 0 Å². The summed E-state index contributed by atoms with van der Waals surface area (Å²) in [4.78, 5) is -0.195. The molecule has 2 saturated carbocycles. The van der Waals surface area contributed by atoms with Gasteiger partial charge in [-0.25, -0.2) is 12.8 Å². The van der Waals surface area contributed by atoms with Gasteiger partial charge < -0.3 is 0 Å². The third kappa shape index (κ3) is 2.17. The first-order valence-corrected chi connectivity index (χ1v) is 7.88. The smallest absolute Gasteiger partial charge is 0.207 e. The van der Waals surface area contributed by atoms with Crippen molar-refractivity contribution >= 4 is 10.0 Å². The van der Waals surface area contributed by atoms with Gasteiger partial charge in [-0.2, -0.15) is 0 Å². The van der Waals surface area contributed by atoms with E-state index in [4.69, 9.17) is 0 Å². The molecule has 3 rings (SSSR count). The highest BCUT2D eigenvalue weighted by Gasteiger charge is 2.46. The van der Waals surface area contributed by atoms with Gasteiger partial charge in [0.25, 0.3) is 10.0 Å². The molecule has 2 aliphatic carbocycles. The van der Waals surface area contributed by atoms with E-state index in [0.717, 1.165) is 43.5 Å². The van der Waals surface area contributed by atoms with Crippen LogP contribution in [0.1, 0.15) is 25.7 Å². The lowest BCUT2D eigenvalue weighted by molar-refractivity contribution is 0.0540. The number of sulfonamides is 1. The van der Waals surface area contributed by atoms with E-state index in [1.54, 1.807) is 0 Å². The van der Waals surface area contributed by atoms with Crippen LogP contribution in [-0.4, -0.2) is 19.0 Å². The third-order valence-electron chi connectivity index (χ3n) is 4.30. The van der Waals surface area contributed by atoms with Gasteiger partial charge >= 0.3 is 0 Å². The second-order valence-electron chi connectivity index (χ2n) is 5.44. The molecule has 3 unspecified atom stereocenters. The molecular weight excluding hydrogens is 272 g/mol. The van der Waals surface area contributed by atoms with Crippen LogP contribution in [0.15, 0.2) is 29.2 Å². The van der Waals surface area contributed by atoms with Crippen molar-refractivity contribution in [1.82, 2.24) is 4.53 Å². The number of fused-ring (bicyclic) bond motifs is 2. The van der Waals surface area contributed by atoms with E-state index in [0.29, 0.717) is 12.3 Å². The van der Waals surface area contributed by atoms with Gasteiger partial charge in [-0.05, 0) is 59.9 Å². The Balaban J connectivity index is 1.86. The lowest BCUT2D eigenvalue weighted by Gasteiger charge is -2.26. The molecule has 0 radical (unpaired) electrons. The van der Waals surface area contributed by atoms with Crippen LogP contribution in [0.4, 0.5) is 8.87 Å². The Morgan fingerprint density at radius 3 is 2.32 bits per heavy atom. The summed E-state index contributed by atoms with van der Waals surface area (Å²) in [5, 5.41) is 0. The van der Waals surface area contributed by atoms with E-state index < -0.39 is 21.9 Å². The van der Waals surface area contributed by atoms with Crippen molar-refractivity contribution in [2.75, 3.05) is 0 Å². The zero-order chi connectivity index (χ0) is 13.6. The molecular formula is C13H15F2NO2S. The largest absolute Gasteiger partial charge is 0.269 e. The Morgan fingerprint density at radius 1 is 1.11 bits per heavy atom. The SMILES string of the molecule is O=S(=O)(c1ccc(F)cc1)N(F)C1CC2CCC1C2. The first-order chi connectivity index (χ1) is 8.98. The Hall–Kier alpha value is -1.01. The molecule has 3 nitrogen and oxygen atoms in total. The number of hydrogen-bond acceptors (Lipinski definition) is 2. The standard InChI is InChI=1S/C13H15F2NO2S/c14-11-3-5-12(6-4-11)19(17,18)16(15)13-8-9-1-2-10(13)7-9/h3-6,9-10,13H,1-2,7-8H2. The Bertz CT molecular complexity index is 573. The maximum absolute atomic E-state index is 14.3. The molecule has 0 heterocycles. The van der Waals surface area contributed by atoms with E-state index in [9.17, 15) is 17.3 Å². The first kappa shape index (κ1) is 13.0. The maximum Gasteiger partial charge on any atom is 0.269 e. The van der Waals surface area contributed by atoms with E-state index in [-0.39, 0.29) is 15.3 Å². The van der Waals surface area contributed by atoms with Crippen molar-refractivity contribution in [3.8, 4) is 0 Å². The van der Waals surface area contributed by atoms with Crippen molar-refractivity contribution in [2.45, 2.75) is 36.6 Å². The first-order valence-electron chi connectivity index (χ1n) is 6.44. The van der Waals surface area contributed by atoms with Gasteiger partial charge in [0.2, 0.25) is 0 Å². The number of nitrogens with zero attached hydrogens (tertiary/aromatic N) is 1. The summed E-state index contributed by atoms with van der Waals surface area (Å²) in [5.74, 6) is 0.0474. The van der Waals surface area contributed by atoms with E-state index >= 15 is 0 Å². The van der Waals surface area contributed by atoms with E-state index in [2.05, 4.69) is 0 Å². The minimum absolute atomic E-state index is 0.00403. The normalized spacial score (nSPS) is 30.2. The molecule has 0 amide bonds. The average molecular weight is 287 g/mol. The zero-order valence-corrected chi connectivity index (χ0v) is 11.1. The quantitative estimate of drug-likeness (QED) is 0.802. The predicted octanol–water partition coefficient (Wildman–Crippen LogP) is 2.89. The highest BCUT2D eigenvalue weighted by atomic mass is 32.2. The maximum atomic E-state index is 14.3. The zero-order valence-electron chi connectivity index (χ0n) is 10.3. The minimum Gasteiger partial charge on any atom is -0.207 e. The van der Waals surface area contributed by atoms with Gasteiger partial charge in [-0.15, -0.1) is 4.48 Å². The summed E-state index contributed by atoms with van der Waals surface area (Å²) in [7, 11) is -4.16. The molecule has 2 aliphatic rings. The van der Waals surface area contributed by atoms with Crippen LogP contribution >= 0.6 is 0 Å². The monoisotopic (exact) mass is 287 g/mol. The molecule has 19 heavy (non-hydrogen) atoms. The minimum atomic E-state index is -4.16. The van der Waals surface area contributed by atoms with Crippen LogP contribution < -0.4 is 0 Å². The van der Waals surface area contributed by atoms with Crippen molar-refractivity contribution < 1.29 is 17.3 Å². The van der Waals surface area contributed by atoms with Crippen molar-refractivity contribution in [2.24, 2.45) is 11.8 Å². The molecule has 1 aromatic carbocycles. The molecule has 0 N–H and O–H groups in total. The molecule has 0 aromatic heterocycles. The van der Waals surface area contributed by atoms with Gasteiger partial charge in [0.05, 0.1) is 10.9 Å². The lowest BCUT2D eigenvalue weighted by Crippen LogP contribution is -2.37. The fourth-order valence-electron chi connectivity index (χ4n) is 3.35. The summed E-state index contributed by atoms with van der Waals surface area (Å²) in [5.41, 5.74) is 0. The molecule has 3 atom stereocenters. The second-order valence-corrected chi connectivity index (χ2v) is 7.21. The summed E-state index contributed by atoms with van der Waals surface area (Å²) in [6.07, 6.45) is 3.49. The molecule has 0 aliphatic heterocycles. The van der Waals surface area contributed by atoms with Crippen LogP contribution in [0.2, 0.25) is 0 Å². The van der Waals surface area contributed by atoms with Crippen LogP contribution in [0.5, 0.6) is 0 Å². The summed E-state index contributed by atoms with van der Waals surface area (Å²) < 4.78 is 51.4. The third-order valence-corrected chi connectivity index (χ3v) is 5.90. The topological polar surface area (TPSA) is 37.4 Å². The number of benzene rings is 1. The number of hydrogen-bond donors (Lipinski definition) is 0. The Labute approximate surface area is 111 Å². The average Bonchev–Trinajstić information content (AvgIpc) is 3.00. The second kappa shape index (κ2) is 4.52. The van der Waals surface area contributed by atoms with Gasteiger partial charge in [0.1, 0.15) is 5.82 Å². The van der Waals surface area contributed by atoms with E-state index in [1.807, 2.05) is 0 Å². The summed E-state index contributed by atoms with van der Waals surface area (Å²) >= 11 is 0. The van der Waals surface area contributed by atoms with Crippen molar-refractivity contribution in [3.63, 3.8) is 0 Å². The highest BCUT2D eigenvalue weighted by molar-refractivity contribution is 7.89. The number of halogens is 2. The molecule has 104 valence electrons. The Kier molecular flexibility index (Phi) is 3.09. The van der Waals surface area contributed by atoms with Crippen LogP contribution in [0.25, 0.3) is 0 Å². The summed E-state index contributed by atoms with van der Waals surface area (Å²) in [6, 6.07) is 3.71. The van der Waals surface area contributed by atoms with Crippen LogP contribution in [0.3, 0.4) is 0 Å². The van der Waals surface area contributed by atoms with Crippen LogP contribution in [-0.2, 0) is 10.0 Å². The van der Waals surface area contributed by atoms with Gasteiger partial charge in [-0.3, -0.25) is 0 Å².